The summed E-state index contributed by atoms with van der Waals surface area (Å²) < 4.78 is 0. The summed E-state index contributed by atoms with van der Waals surface area (Å²) in [5.41, 5.74) is 4.67. The second-order valence-electron chi connectivity index (χ2n) is 5.79. The SMILES string of the molecule is CCNC(Cc1ccc(C(C)C)cc1)c1cnc(C)cn1. The fraction of sp³-hybridized carbons (Fsp3) is 0.444. The molecule has 112 valence electrons. The highest BCUT2D eigenvalue weighted by molar-refractivity contribution is 5.26. The average molecular weight is 283 g/mol. The zero-order valence-corrected chi connectivity index (χ0v) is 13.4. The Morgan fingerprint density at radius 2 is 1.76 bits per heavy atom. The smallest absolute Gasteiger partial charge is 0.0759 e. The topological polar surface area (TPSA) is 37.8 Å². The van der Waals surface area contributed by atoms with Gasteiger partial charge in [-0.05, 0) is 36.9 Å². The maximum absolute atomic E-state index is 4.51. The highest BCUT2D eigenvalue weighted by atomic mass is 14.9. The molecule has 0 fully saturated rings. The summed E-state index contributed by atoms with van der Waals surface area (Å²) in [5.74, 6) is 0.576. The van der Waals surface area contributed by atoms with Gasteiger partial charge < -0.3 is 5.32 Å². The van der Waals surface area contributed by atoms with Crippen LogP contribution in [0.5, 0.6) is 0 Å². The van der Waals surface area contributed by atoms with Gasteiger partial charge in [-0.3, -0.25) is 9.97 Å². The molecule has 1 N–H and O–H groups in total. The van der Waals surface area contributed by atoms with E-state index in [0.29, 0.717) is 5.92 Å². The molecular weight excluding hydrogens is 258 g/mol. The van der Waals surface area contributed by atoms with Crippen molar-refractivity contribution in [1.29, 1.82) is 0 Å². The van der Waals surface area contributed by atoms with Crippen molar-refractivity contribution in [3.63, 3.8) is 0 Å². The second kappa shape index (κ2) is 7.32. The number of aryl methyl sites for hydroxylation is 1. The standard InChI is InChI=1S/C18H25N3/c1-5-19-17(18-12-20-14(4)11-21-18)10-15-6-8-16(9-7-15)13(2)3/h6-9,11-13,17,19H,5,10H2,1-4H3. The van der Waals surface area contributed by atoms with Crippen LogP contribution in [0, 0.1) is 6.92 Å². The fourth-order valence-electron chi connectivity index (χ4n) is 2.38. The summed E-state index contributed by atoms with van der Waals surface area (Å²) in [5, 5.41) is 3.50. The van der Waals surface area contributed by atoms with Gasteiger partial charge in [0.2, 0.25) is 0 Å². The monoisotopic (exact) mass is 283 g/mol. The Labute approximate surface area is 127 Å². The van der Waals surface area contributed by atoms with Crippen LogP contribution in [-0.4, -0.2) is 16.5 Å². The molecule has 1 aromatic carbocycles. The Hall–Kier alpha value is -1.74. The number of aromatic nitrogens is 2. The zero-order chi connectivity index (χ0) is 15.2. The highest BCUT2D eigenvalue weighted by Crippen LogP contribution is 2.19. The van der Waals surface area contributed by atoms with Crippen LogP contribution in [-0.2, 0) is 6.42 Å². The first-order valence-electron chi connectivity index (χ1n) is 7.71. The third-order valence-corrected chi connectivity index (χ3v) is 3.69. The summed E-state index contributed by atoms with van der Waals surface area (Å²) in [6.07, 6.45) is 4.65. The lowest BCUT2D eigenvalue weighted by molar-refractivity contribution is 0.534. The zero-order valence-electron chi connectivity index (χ0n) is 13.4. The van der Waals surface area contributed by atoms with E-state index in [9.17, 15) is 0 Å². The van der Waals surface area contributed by atoms with Crippen LogP contribution in [0.25, 0.3) is 0 Å². The predicted octanol–water partition coefficient (Wildman–Crippen LogP) is 3.80. The molecule has 0 aliphatic heterocycles. The van der Waals surface area contributed by atoms with E-state index in [0.717, 1.165) is 24.4 Å². The van der Waals surface area contributed by atoms with Crippen LogP contribution in [0.1, 0.15) is 55.2 Å². The summed E-state index contributed by atoms with van der Waals surface area (Å²) in [6.45, 7) is 9.45. The van der Waals surface area contributed by atoms with Crippen molar-refractivity contribution in [1.82, 2.24) is 15.3 Å². The number of nitrogens with one attached hydrogen (secondary N) is 1. The number of hydrogen-bond acceptors (Lipinski definition) is 3. The van der Waals surface area contributed by atoms with Gasteiger partial charge in [-0.25, -0.2) is 0 Å². The molecule has 0 aliphatic carbocycles. The van der Waals surface area contributed by atoms with Gasteiger partial charge >= 0.3 is 0 Å². The molecule has 1 aromatic heterocycles. The van der Waals surface area contributed by atoms with E-state index >= 15 is 0 Å². The molecule has 1 heterocycles. The number of rotatable bonds is 6. The minimum Gasteiger partial charge on any atom is -0.309 e. The average Bonchev–Trinajstić information content (AvgIpc) is 2.48. The maximum Gasteiger partial charge on any atom is 0.0759 e. The highest BCUT2D eigenvalue weighted by Gasteiger charge is 2.13. The van der Waals surface area contributed by atoms with E-state index in [4.69, 9.17) is 0 Å². The van der Waals surface area contributed by atoms with Crippen molar-refractivity contribution in [2.24, 2.45) is 0 Å². The number of likely N-dealkylation sites (N-methyl/N-ethyl adjacent to an activating group) is 1. The normalized spacial score (nSPS) is 12.6. The summed E-state index contributed by atoms with van der Waals surface area (Å²) >= 11 is 0. The van der Waals surface area contributed by atoms with E-state index in [-0.39, 0.29) is 6.04 Å². The van der Waals surface area contributed by atoms with E-state index in [1.807, 2.05) is 19.3 Å². The van der Waals surface area contributed by atoms with Crippen molar-refractivity contribution in [3.8, 4) is 0 Å². The molecule has 0 bridgehead atoms. The lowest BCUT2D eigenvalue weighted by Crippen LogP contribution is -2.24. The molecule has 2 rings (SSSR count). The van der Waals surface area contributed by atoms with Gasteiger partial charge in [0.05, 0.1) is 23.6 Å². The van der Waals surface area contributed by atoms with Gasteiger partial charge in [-0.15, -0.1) is 0 Å². The van der Waals surface area contributed by atoms with Crippen LogP contribution < -0.4 is 5.32 Å². The van der Waals surface area contributed by atoms with Gasteiger partial charge in [0.15, 0.2) is 0 Å². The van der Waals surface area contributed by atoms with Crippen molar-refractivity contribution < 1.29 is 0 Å². The molecule has 0 radical (unpaired) electrons. The van der Waals surface area contributed by atoms with Gasteiger partial charge in [-0.1, -0.05) is 45.0 Å². The molecule has 3 nitrogen and oxygen atoms in total. The first-order valence-corrected chi connectivity index (χ1v) is 7.71. The molecule has 0 spiro atoms. The third-order valence-electron chi connectivity index (χ3n) is 3.69. The summed E-state index contributed by atoms with van der Waals surface area (Å²) in [6, 6.07) is 9.11. The quantitative estimate of drug-likeness (QED) is 0.876. The minimum atomic E-state index is 0.216. The van der Waals surface area contributed by atoms with Crippen LogP contribution in [0.4, 0.5) is 0 Å². The van der Waals surface area contributed by atoms with E-state index in [2.05, 4.69) is 60.3 Å². The Bertz CT molecular complexity index is 544. The molecule has 21 heavy (non-hydrogen) atoms. The molecule has 0 saturated carbocycles. The molecular formula is C18H25N3. The summed E-state index contributed by atoms with van der Waals surface area (Å²) in [4.78, 5) is 8.87. The van der Waals surface area contributed by atoms with Gasteiger partial charge in [0.1, 0.15) is 0 Å². The Balaban J connectivity index is 2.13. The summed E-state index contributed by atoms with van der Waals surface area (Å²) in [7, 11) is 0. The Morgan fingerprint density at radius 1 is 1.05 bits per heavy atom. The fourth-order valence-corrected chi connectivity index (χ4v) is 2.38. The van der Waals surface area contributed by atoms with Crippen molar-refractivity contribution in [2.45, 2.75) is 46.1 Å². The lowest BCUT2D eigenvalue weighted by atomic mass is 9.98. The Morgan fingerprint density at radius 3 is 2.29 bits per heavy atom. The van der Waals surface area contributed by atoms with Crippen molar-refractivity contribution in [2.75, 3.05) is 6.54 Å². The van der Waals surface area contributed by atoms with E-state index in [1.165, 1.54) is 11.1 Å². The molecule has 1 unspecified atom stereocenters. The van der Waals surface area contributed by atoms with E-state index < -0.39 is 0 Å². The lowest BCUT2D eigenvalue weighted by Gasteiger charge is -2.17. The number of benzene rings is 1. The van der Waals surface area contributed by atoms with Gasteiger partial charge in [-0.2, -0.15) is 0 Å². The molecule has 0 amide bonds. The molecule has 3 heteroatoms. The minimum absolute atomic E-state index is 0.216. The van der Waals surface area contributed by atoms with Crippen LogP contribution in [0.3, 0.4) is 0 Å². The molecule has 0 saturated heterocycles. The maximum atomic E-state index is 4.51. The van der Waals surface area contributed by atoms with Gasteiger partial charge in [0.25, 0.3) is 0 Å². The predicted molar refractivity (Wildman–Crippen MR) is 87.4 cm³/mol. The largest absolute Gasteiger partial charge is 0.309 e. The third kappa shape index (κ3) is 4.36. The van der Waals surface area contributed by atoms with Crippen LogP contribution in [0.15, 0.2) is 36.7 Å². The van der Waals surface area contributed by atoms with Crippen molar-refractivity contribution >= 4 is 0 Å². The molecule has 2 aromatic rings. The Kier molecular flexibility index (Phi) is 5.45. The molecule has 0 aliphatic rings. The van der Waals surface area contributed by atoms with Crippen LogP contribution in [0.2, 0.25) is 0 Å². The van der Waals surface area contributed by atoms with Crippen molar-refractivity contribution in [3.05, 3.63) is 59.2 Å². The first kappa shape index (κ1) is 15.6. The first-order chi connectivity index (χ1) is 10.1. The number of nitrogens with zero attached hydrogens (tertiary/aromatic N) is 2. The molecule has 1 atom stereocenters. The van der Waals surface area contributed by atoms with Gasteiger partial charge in [0, 0.05) is 6.20 Å². The number of hydrogen-bond donors (Lipinski definition) is 1. The second-order valence-corrected chi connectivity index (χ2v) is 5.79. The van der Waals surface area contributed by atoms with Crippen LogP contribution >= 0.6 is 0 Å². The van der Waals surface area contributed by atoms with E-state index in [1.54, 1.807) is 0 Å².